The van der Waals surface area contributed by atoms with E-state index >= 15 is 0 Å². The maximum absolute atomic E-state index is 12.9. The molecule has 0 radical (unpaired) electrons. The number of nitrogens with one attached hydrogen (secondary N) is 4. The first-order valence-corrected chi connectivity index (χ1v) is 9.96. The number of carbonyl (C=O) groups excluding carboxylic acids is 1. The van der Waals surface area contributed by atoms with Gasteiger partial charge in [0.1, 0.15) is 0 Å². The predicted molar refractivity (Wildman–Crippen MR) is 117 cm³/mol. The van der Waals surface area contributed by atoms with Crippen molar-refractivity contribution in [1.29, 1.82) is 0 Å². The van der Waals surface area contributed by atoms with E-state index in [9.17, 15) is 4.79 Å². The summed E-state index contributed by atoms with van der Waals surface area (Å²) in [6.45, 7) is 1.74. The molecule has 158 valence electrons. The molecular weight excluding hydrogens is 396 g/mol. The lowest BCUT2D eigenvalue weighted by Gasteiger charge is -2.17. The Kier molecular flexibility index (Phi) is 4.79. The van der Waals surface area contributed by atoms with E-state index in [-0.39, 0.29) is 5.91 Å². The van der Waals surface area contributed by atoms with Gasteiger partial charge in [0.25, 0.3) is 5.91 Å². The first-order chi connectivity index (χ1) is 15.2. The fraction of sp³-hybridized carbons (Fsp3) is 0.227. The maximum Gasteiger partial charge on any atom is 0.255 e. The highest BCUT2D eigenvalue weighted by molar-refractivity contribution is 6.06. The molecule has 9 heteroatoms. The van der Waals surface area contributed by atoms with Crippen LogP contribution in [0.2, 0.25) is 0 Å². The monoisotopic (exact) mass is 418 g/mol. The standard InChI is InChI=1S/C22H22N6O3/c1-30-18-8-15-16(9-19(18)31-2)26-21(25-15)20-17(11-24-28-20)27-22(29)13-4-3-12-5-6-23-10-14(12)7-13/h3-4,7-9,11,23H,5-6,10H2,1-2H3,(H,24,28)(H,25,26)(H,27,29). The van der Waals surface area contributed by atoms with Crippen LogP contribution in [0.15, 0.2) is 36.5 Å². The highest BCUT2D eigenvalue weighted by Crippen LogP contribution is 2.33. The highest BCUT2D eigenvalue weighted by atomic mass is 16.5. The average Bonchev–Trinajstić information content (AvgIpc) is 3.43. The smallest absolute Gasteiger partial charge is 0.255 e. The Morgan fingerprint density at radius 2 is 1.94 bits per heavy atom. The Hall–Kier alpha value is -3.85. The van der Waals surface area contributed by atoms with Crippen molar-refractivity contribution < 1.29 is 14.3 Å². The summed E-state index contributed by atoms with van der Waals surface area (Å²) in [5.41, 5.74) is 5.58. The highest BCUT2D eigenvalue weighted by Gasteiger charge is 2.18. The quantitative estimate of drug-likeness (QED) is 0.396. The van der Waals surface area contributed by atoms with Crippen molar-refractivity contribution in [1.82, 2.24) is 25.5 Å². The lowest BCUT2D eigenvalue weighted by molar-refractivity contribution is 0.102. The molecular formula is C22H22N6O3. The molecule has 0 unspecified atom stereocenters. The fourth-order valence-electron chi connectivity index (χ4n) is 3.83. The molecule has 0 aliphatic carbocycles. The van der Waals surface area contributed by atoms with Crippen LogP contribution in [0.5, 0.6) is 11.5 Å². The van der Waals surface area contributed by atoms with E-state index in [0.29, 0.717) is 39.8 Å². The molecule has 0 fully saturated rings. The van der Waals surface area contributed by atoms with Crippen LogP contribution in [0.3, 0.4) is 0 Å². The van der Waals surface area contributed by atoms with Crippen LogP contribution in [0.1, 0.15) is 21.5 Å². The molecule has 1 aliphatic heterocycles. The van der Waals surface area contributed by atoms with Crippen LogP contribution >= 0.6 is 0 Å². The second-order valence-corrected chi connectivity index (χ2v) is 7.32. The summed E-state index contributed by atoms with van der Waals surface area (Å²) in [7, 11) is 3.16. The third-order valence-corrected chi connectivity index (χ3v) is 5.46. The summed E-state index contributed by atoms with van der Waals surface area (Å²) in [5.74, 6) is 1.51. The van der Waals surface area contributed by atoms with Crippen molar-refractivity contribution in [2.24, 2.45) is 0 Å². The van der Waals surface area contributed by atoms with E-state index in [1.165, 1.54) is 5.56 Å². The normalized spacial score (nSPS) is 13.1. The number of ether oxygens (including phenoxy) is 2. The molecule has 9 nitrogen and oxygen atoms in total. The SMILES string of the molecule is COc1cc2nc(-c3n[nH]cc3NC(=O)c3ccc4c(c3)CNCC4)[nH]c2cc1OC. The second-order valence-electron chi connectivity index (χ2n) is 7.32. The van der Waals surface area contributed by atoms with E-state index < -0.39 is 0 Å². The largest absolute Gasteiger partial charge is 0.493 e. The van der Waals surface area contributed by atoms with Crippen LogP contribution in [-0.4, -0.2) is 46.8 Å². The summed E-state index contributed by atoms with van der Waals surface area (Å²) >= 11 is 0. The van der Waals surface area contributed by atoms with E-state index in [2.05, 4.69) is 30.8 Å². The van der Waals surface area contributed by atoms with Gasteiger partial charge in [0, 0.05) is 30.4 Å². The number of hydrogen-bond donors (Lipinski definition) is 4. The summed E-state index contributed by atoms with van der Waals surface area (Å²) in [6.07, 6.45) is 2.62. The lowest BCUT2D eigenvalue weighted by atomic mass is 9.98. The number of benzene rings is 2. The molecule has 3 heterocycles. The third-order valence-electron chi connectivity index (χ3n) is 5.46. The van der Waals surface area contributed by atoms with Crippen molar-refractivity contribution in [3.8, 4) is 23.0 Å². The van der Waals surface area contributed by atoms with Crippen molar-refractivity contribution >= 4 is 22.6 Å². The first-order valence-electron chi connectivity index (χ1n) is 9.96. The minimum Gasteiger partial charge on any atom is -0.493 e. The number of imidazole rings is 1. The third kappa shape index (κ3) is 3.49. The van der Waals surface area contributed by atoms with Gasteiger partial charge < -0.3 is 25.1 Å². The molecule has 1 amide bonds. The van der Waals surface area contributed by atoms with Gasteiger partial charge in [0.05, 0.1) is 30.9 Å². The summed E-state index contributed by atoms with van der Waals surface area (Å²) in [4.78, 5) is 20.7. The Labute approximate surface area is 178 Å². The summed E-state index contributed by atoms with van der Waals surface area (Å²) in [6, 6.07) is 9.44. The Morgan fingerprint density at radius 3 is 2.77 bits per heavy atom. The molecule has 0 saturated carbocycles. The van der Waals surface area contributed by atoms with E-state index in [1.54, 1.807) is 26.5 Å². The van der Waals surface area contributed by atoms with E-state index in [4.69, 9.17) is 9.47 Å². The molecule has 31 heavy (non-hydrogen) atoms. The van der Waals surface area contributed by atoms with Crippen LogP contribution in [0.4, 0.5) is 5.69 Å². The number of carbonyl (C=O) groups is 1. The predicted octanol–water partition coefficient (Wildman–Crippen LogP) is 2.87. The number of nitrogens with zero attached hydrogens (tertiary/aromatic N) is 2. The Balaban J connectivity index is 1.44. The molecule has 4 N–H and O–H groups in total. The van der Waals surface area contributed by atoms with Gasteiger partial charge in [-0.15, -0.1) is 0 Å². The topological polar surface area (TPSA) is 117 Å². The van der Waals surface area contributed by atoms with Gasteiger partial charge in [-0.3, -0.25) is 9.89 Å². The number of amides is 1. The van der Waals surface area contributed by atoms with Gasteiger partial charge in [-0.1, -0.05) is 6.07 Å². The first kappa shape index (κ1) is 19.1. The fourth-order valence-corrected chi connectivity index (χ4v) is 3.83. The van der Waals surface area contributed by atoms with Gasteiger partial charge >= 0.3 is 0 Å². The van der Waals surface area contributed by atoms with Crippen molar-refractivity contribution in [2.45, 2.75) is 13.0 Å². The summed E-state index contributed by atoms with van der Waals surface area (Å²) in [5, 5.41) is 13.4. The van der Waals surface area contributed by atoms with Crippen LogP contribution in [0.25, 0.3) is 22.6 Å². The lowest BCUT2D eigenvalue weighted by Crippen LogP contribution is -2.24. The molecule has 0 atom stereocenters. The van der Waals surface area contributed by atoms with E-state index in [1.807, 2.05) is 24.3 Å². The molecule has 2 aromatic carbocycles. The number of aromatic nitrogens is 4. The number of hydrogen-bond acceptors (Lipinski definition) is 6. The van der Waals surface area contributed by atoms with Crippen LogP contribution in [-0.2, 0) is 13.0 Å². The van der Waals surface area contributed by atoms with E-state index in [0.717, 1.165) is 30.6 Å². The van der Waals surface area contributed by atoms with Gasteiger partial charge in [-0.05, 0) is 36.2 Å². The number of aromatic amines is 2. The van der Waals surface area contributed by atoms with Crippen LogP contribution < -0.4 is 20.1 Å². The maximum atomic E-state index is 12.9. The van der Waals surface area contributed by atoms with Gasteiger partial charge in [0.15, 0.2) is 23.0 Å². The number of fused-ring (bicyclic) bond motifs is 2. The Morgan fingerprint density at radius 1 is 1.10 bits per heavy atom. The Bertz CT molecular complexity index is 1230. The zero-order chi connectivity index (χ0) is 21.4. The molecule has 5 rings (SSSR count). The number of methoxy groups -OCH3 is 2. The van der Waals surface area contributed by atoms with Crippen LogP contribution in [0, 0.1) is 0 Å². The van der Waals surface area contributed by atoms with Crippen molar-refractivity contribution in [2.75, 3.05) is 26.1 Å². The van der Waals surface area contributed by atoms with Gasteiger partial charge in [-0.2, -0.15) is 5.10 Å². The molecule has 2 aromatic heterocycles. The summed E-state index contributed by atoms with van der Waals surface area (Å²) < 4.78 is 10.7. The van der Waals surface area contributed by atoms with Crippen molar-refractivity contribution in [3.05, 3.63) is 53.2 Å². The molecule has 0 spiro atoms. The molecule has 1 aliphatic rings. The zero-order valence-electron chi connectivity index (χ0n) is 17.2. The second kappa shape index (κ2) is 7.77. The molecule has 0 bridgehead atoms. The number of anilines is 1. The zero-order valence-corrected chi connectivity index (χ0v) is 17.2. The minimum atomic E-state index is -0.199. The van der Waals surface area contributed by atoms with Gasteiger partial charge in [-0.25, -0.2) is 4.98 Å². The molecule has 0 saturated heterocycles. The minimum absolute atomic E-state index is 0.199. The average molecular weight is 418 g/mol. The number of H-pyrrole nitrogens is 2. The molecule has 4 aromatic rings. The van der Waals surface area contributed by atoms with Gasteiger partial charge in [0.2, 0.25) is 0 Å². The van der Waals surface area contributed by atoms with Crippen molar-refractivity contribution in [3.63, 3.8) is 0 Å². The number of rotatable bonds is 5.